The van der Waals surface area contributed by atoms with E-state index in [1.54, 1.807) is 35.8 Å². The van der Waals surface area contributed by atoms with Crippen LogP contribution in [0.2, 0.25) is 0 Å². The van der Waals surface area contributed by atoms with Gasteiger partial charge in [-0.15, -0.1) is 0 Å². The van der Waals surface area contributed by atoms with Crippen LogP contribution in [0.4, 0.5) is 0 Å². The van der Waals surface area contributed by atoms with Gasteiger partial charge in [-0.2, -0.15) is 0 Å². The van der Waals surface area contributed by atoms with E-state index in [0.717, 1.165) is 21.8 Å². The molecule has 1 N–H and O–H groups in total. The van der Waals surface area contributed by atoms with E-state index in [-0.39, 0.29) is 36.6 Å². The standard InChI is InChI=1S/C23H21Br2N3O4/c1-2-32-19(29)12-26-23(31)20(13-8-9-13)28-18-11-16(25)15(24)10-17(18)27-22(28)21(30)14-6-4-3-5-7-14/h3-7,10-11,13,20H,2,8-9,12H2,1H3,(H,26,31)/t20-/m0/s1. The van der Waals surface area contributed by atoms with E-state index in [1.165, 1.54) is 0 Å². The van der Waals surface area contributed by atoms with Crippen LogP contribution in [0.3, 0.4) is 0 Å². The maximum atomic E-state index is 13.4. The van der Waals surface area contributed by atoms with Crippen LogP contribution < -0.4 is 5.32 Å². The fourth-order valence-corrected chi connectivity index (χ4v) is 4.34. The van der Waals surface area contributed by atoms with Crippen molar-refractivity contribution in [2.75, 3.05) is 13.2 Å². The molecule has 1 atom stereocenters. The second-order valence-electron chi connectivity index (χ2n) is 7.56. The number of ketones is 1. The van der Waals surface area contributed by atoms with Gasteiger partial charge in [0.2, 0.25) is 11.7 Å². The summed E-state index contributed by atoms with van der Waals surface area (Å²) in [5, 5.41) is 2.68. The van der Waals surface area contributed by atoms with Crippen molar-refractivity contribution < 1.29 is 19.1 Å². The van der Waals surface area contributed by atoms with Crippen molar-refractivity contribution in [3.8, 4) is 0 Å². The molecular formula is C23H21Br2N3O4. The number of carbonyl (C=O) groups is 3. The molecule has 9 heteroatoms. The van der Waals surface area contributed by atoms with Crippen LogP contribution in [0.15, 0.2) is 51.4 Å². The highest BCUT2D eigenvalue weighted by Crippen LogP contribution is 2.43. The lowest BCUT2D eigenvalue weighted by Crippen LogP contribution is -2.38. The molecule has 1 fully saturated rings. The molecule has 0 bridgehead atoms. The maximum Gasteiger partial charge on any atom is 0.325 e. The van der Waals surface area contributed by atoms with Gasteiger partial charge in [0, 0.05) is 14.5 Å². The topological polar surface area (TPSA) is 90.3 Å². The highest BCUT2D eigenvalue weighted by molar-refractivity contribution is 9.13. The summed E-state index contributed by atoms with van der Waals surface area (Å²) in [6.45, 7) is 1.73. The summed E-state index contributed by atoms with van der Waals surface area (Å²) in [4.78, 5) is 43.0. The third kappa shape index (κ3) is 4.63. The third-order valence-corrected chi connectivity index (χ3v) is 7.14. The van der Waals surface area contributed by atoms with E-state index in [4.69, 9.17) is 4.74 Å². The Balaban J connectivity index is 1.81. The van der Waals surface area contributed by atoms with Gasteiger partial charge in [-0.25, -0.2) is 4.98 Å². The molecule has 1 aliphatic carbocycles. The average molecular weight is 563 g/mol. The summed E-state index contributed by atoms with van der Waals surface area (Å²) < 4.78 is 8.22. The highest BCUT2D eigenvalue weighted by Gasteiger charge is 2.40. The number of nitrogens with one attached hydrogen (secondary N) is 1. The number of ether oxygens (including phenoxy) is 1. The molecule has 1 amide bonds. The largest absolute Gasteiger partial charge is 0.465 e. The molecular weight excluding hydrogens is 542 g/mol. The summed E-state index contributed by atoms with van der Waals surface area (Å²) in [5.41, 5.74) is 1.76. The van der Waals surface area contributed by atoms with Crippen LogP contribution in [0.25, 0.3) is 11.0 Å². The molecule has 0 saturated heterocycles. The number of esters is 1. The normalized spacial score (nSPS) is 14.2. The summed E-state index contributed by atoms with van der Waals surface area (Å²) in [6.07, 6.45) is 1.71. The van der Waals surface area contributed by atoms with E-state index < -0.39 is 12.0 Å². The molecule has 2 aromatic carbocycles. The van der Waals surface area contributed by atoms with Crippen molar-refractivity contribution in [2.45, 2.75) is 25.8 Å². The van der Waals surface area contributed by atoms with Gasteiger partial charge in [-0.05, 0) is 69.7 Å². The quantitative estimate of drug-likeness (QED) is 0.324. The molecule has 0 spiro atoms. The van der Waals surface area contributed by atoms with Crippen molar-refractivity contribution in [3.63, 3.8) is 0 Å². The highest BCUT2D eigenvalue weighted by atomic mass is 79.9. The first-order valence-electron chi connectivity index (χ1n) is 10.3. The summed E-state index contributed by atoms with van der Waals surface area (Å²) in [6, 6.07) is 11.9. The second-order valence-corrected chi connectivity index (χ2v) is 9.27. The minimum atomic E-state index is -0.662. The Kier molecular flexibility index (Phi) is 6.76. The van der Waals surface area contributed by atoms with Crippen LogP contribution in [-0.2, 0) is 14.3 Å². The number of nitrogens with zero attached hydrogens (tertiary/aromatic N) is 2. The number of rotatable bonds is 8. The smallest absolute Gasteiger partial charge is 0.325 e. The second kappa shape index (κ2) is 9.54. The Morgan fingerprint density at radius 1 is 1.16 bits per heavy atom. The molecule has 1 heterocycles. The zero-order chi connectivity index (χ0) is 22.8. The molecule has 4 rings (SSSR count). The molecule has 0 radical (unpaired) electrons. The molecule has 1 saturated carbocycles. The molecule has 0 unspecified atom stereocenters. The fourth-order valence-electron chi connectivity index (χ4n) is 3.68. The lowest BCUT2D eigenvalue weighted by molar-refractivity contribution is -0.143. The Morgan fingerprint density at radius 2 is 1.84 bits per heavy atom. The van der Waals surface area contributed by atoms with Gasteiger partial charge in [0.05, 0.1) is 17.6 Å². The number of aromatic nitrogens is 2. The van der Waals surface area contributed by atoms with E-state index in [0.29, 0.717) is 16.6 Å². The molecule has 1 aliphatic rings. The fraction of sp³-hybridized carbons (Fsp3) is 0.304. The first kappa shape index (κ1) is 22.7. The Bertz CT molecular complexity index is 1190. The Morgan fingerprint density at radius 3 is 2.50 bits per heavy atom. The zero-order valence-electron chi connectivity index (χ0n) is 17.3. The van der Waals surface area contributed by atoms with Crippen molar-refractivity contribution >= 4 is 60.6 Å². The third-order valence-electron chi connectivity index (χ3n) is 5.30. The van der Waals surface area contributed by atoms with Gasteiger partial charge < -0.3 is 14.6 Å². The number of hydrogen-bond donors (Lipinski definition) is 1. The summed E-state index contributed by atoms with van der Waals surface area (Å²) in [7, 11) is 0. The van der Waals surface area contributed by atoms with Gasteiger partial charge in [-0.1, -0.05) is 30.3 Å². The molecule has 166 valence electrons. The minimum Gasteiger partial charge on any atom is -0.465 e. The van der Waals surface area contributed by atoms with Gasteiger partial charge >= 0.3 is 5.97 Å². The first-order chi connectivity index (χ1) is 15.4. The molecule has 32 heavy (non-hydrogen) atoms. The Labute approximate surface area is 201 Å². The number of halogens is 2. The zero-order valence-corrected chi connectivity index (χ0v) is 20.5. The first-order valence-corrected chi connectivity index (χ1v) is 11.9. The summed E-state index contributed by atoms with van der Waals surface area (Å²) >= 11 is 7.00. The summed E-state index contributed by atoms with van der Waals surface area (Å²) in [5.74, 6) is -0.851. The SMILES string of the molecule is CCOC(=O)CNC(=O)[C@H](C1CC1)n1c(C(=O)c2ccccc2)nc2cc(Br)c(Br)cc21. The predicted octanol–water partition coefficient (Wildman–Crippen LogP) is 4.42. The van der Waals surface area contributed by atoms with Crippen LogP contribution >= 0.6 is 31.9 Å². The predicted molar refractivity (Wildman–Crippen MR) is 126 cm³/mol. The lowest BCUT2D eigenvalue weighted by Gasteiger charge is -2.21. The minimum absolute atomic E-state index is 0.0549. The van der Waals surface area contributed by atoms with Gasteiger partial charge in [0.1, 0.15) is 12.6 Å². The number of carbonyl (C=O) groups excluding carboxylic acids is 3. The van der Waals surface area contributed by atoms with Gasteiger partial charge in [0.25, 0.3) is 0 Å². The number of imidazole rings is 1. The van der Waals surface area contributed by atoms with E-state index in [9.17, 15) is 14.4 Å². The van der Waals surface area contributed by atoms with E-state index in [1.807, 2.05) is 18.2 Å². The lowest BCUT2D eigenvalue weighted by atomic mass is 10.1. The number of fused-ring (bicyclic) bond motifs is 1. The molecule has 0 aliphatic heterocycles. The van der Waals surface area contributed by atoms with Crippen molar-refractivity contribution in [2.24, 2.45) is 5.92 Å². The van der Waals surface area contributed by atoms with Crippen LogP contribution in [0, 0.1) is 5.92 Å². The average Bonchev–Trinajstić information content (AvgIpc) is 3.56. The maximum absolute atomic E-state index is 13.4. The number of amides is 1. The number of benzene rings is 2. The molecule has 3 aromatic rings. The van der Waals surface area contributed by atoms with Crippen LogP contribution in [-0.4, -0.2) is 40.4 Å². The van der Waals surface area contributed by atoms with Crippen molar-refractivity contribution in [1.82, 2.24) is 14.9 Å². The van der Waals surface area contributed by atoms with Gasteiger partial charge in [-0.3, -0.25) is 14.4 Å². The van der Waals surface area contributed by atoms with Crippen molar-refractivity contribution in [3.05, 3.63) is 62.8 Å². The van der Waals surface area contributed by atoms with Crippen LogP contribution in [0.1, 0.15) is 42.0 Å². The van der Waals surface area contributed by atoms with E-state index in [2.05, 4.69) is 42.2 Å². The van der Waals surface area contributed by atoms with Crippen molar-refractivity contribution in [1.29, 1.82) is 0 Å². The van der Waals surface area contributed by atoms with Crippen LogP contribution in [0.5, 0.6) is 0 Å². The molecule has 1 aromatic heterocycles. The monoisotopic (exact) mass is 561 g/mol. The molecule has 7 nitrogen and oxygen atoms in total. The Hall–Kier alpha value is -2.52. The van der Waals surface area contributed by atoms with Gasteiger partial charge in [0.15, 0.2) is 5.82 Å². The van der Waals surface area contributed by atoms with E-state index >= 15 is 0 Å². The number of hydrogen-bond acceptors (Lipinski definition) is 5.